The van der Waals surface area contributed by atoms with Crippen LogP contribution in [-0.2, 0) is 12.8 Å². The van der Waals surface area contributed by atoms with Crippen molar-refractivity contribution < 1.29 is 47.5 Å². The van der Waals surface area contributed by atoms with E-state index in [1.54, 1.807) is 7.11 Å². The molecule has 0 N–H and O–H groups in total. The van der Waals surface area contributed by atoms with Gasteiger partial charge in [0.25, 0.3) is 0 Å². The molecule has 2 aromatic carbocycles. The predicted molar refractivity (Wildman–Crippen MR) is 116 cm³/mol. The molecule has 0 radical (unpaired) electrons. The van der Waals surface area contributed by atoms with Crippen molar-refractivity contribution in [3.8, 4) is 17.2 Å². The molecule has 0 fully saturated rings. The second-order valence-electron chi connectivity index (χ2n) is 9.41. The number of fused-ring (bicyclic) bond motifs is 2. The van der Waals surface area contributed by atoms with Crippen LogP contribution in [0.4, 0.5) is 0 Å². The monoisotopic (exact) mass is 537 g/mol. The third kappa shape index (κ3) is 4.70. The van der Waals surface area contributed by atoms with Crippen LogP contribution in [-0.4, -0.2) is 44.8 Å². The lowest BCUT2D eigenvalue weighted by molar-refractivity contribution is -0.922. The Labute approximate surface area is 202 Å². The average Bonchev–Trinajstić information content (AvgIpc) is 3.17. The number of carbonyl (C=O) groups is 1. The third-order valence-corrected chi connectivity index (χ3v) is 6.38. The highest BCUT2D eigenvalue weighted by molar-refractivity contribution is 5.96. The molecular formula is C25H32INO4. The second-order valence-corrected chi connectivity index (χ2v) is 9.41. The van der Waals surface area contributed by atoms with Crippen molar-refractivity contribution in [2.24, 2.45) is 5.92 Å². The molecule has 4 rings (SSSR count). The van der Waals surface area contributed by atoms with Crippen LogP contribution in [0.25, 0.3) is 0 Å². The Morgan fingerprint density at radius 1 is 1.19 bits per heavy atom. The Kier molecular flexibility index (Phi) is 7.21. The summed E-state index contributed by atoms with van der Waals surface area (Å²) in [5.41, 5.74) is 4.32. The van der Waals surface area contributed by atoms with Crippen molar-refractivity contribution in [2.75, 3.05) is 34.5 Å². The topological polar surface area (TPSA) is 44.8 Å². The maximum absolute atomic E-state index is 13.3. The van der Waals surface area contributed by atoms with Crippen LogP contribution in [0, 0.1) is 5.92 Å². The molecule has 31 heavy (non-hydrogen) atoms. The number of benzene rings is 2. The first kappa shape index (κ1) is 23.9. The van der Waals surface area contributed by atoms with E-state index in [0.29, 0.717) is 18.1 Å². The number of ketones is 1. The van der Waals surface area contributed by atoms with E-state index in [0.717, 1.165) is 46.5 Å². The number of quaternary nitrogens is 1. The molecule has 168 valence electrons. The molecule has 2 heterocycles. The molecule has 0 aliphatic carbocycles. The molecule has 6 heteroatoms. The molecule has 2 aromatic rings. The van der Waals surface area contributed by atoms with Gasteiger partial charge in [0.15, 0.2) is 17.3 Å². The highest BCUT2D eigenvalue weighted by Crippen LogP contribution is 2.51. The van der Waals surface area contributed by atoms with E-state index in [1.165, 1.54) is 11.1 Å². The maximum atomic E-state index is 13.3. The zero-order valence-corrected chi connectivity index (χ0v) is 21.2. The van der Waals surface area contributed by atoms with E-state index in [4.69, 9.17) is 14.2 Å². The van der Waals surface area contributed by atoms with Crippen LogP contribution in [0.15, 0.2) is 30.3 Å². The lowest BCUT2D eigenvalue weighted by atomic mass is 9.85. The van der Waals surface area contributed by atoms with Crippen molar-refractivity contribution in [3.05, 3.63) is 52.6 Å². The van der Waals surface area contributed by atoms with Gasteiger partial charge in [-0.05, 0) is 29.5 Å². The van der Waals surface area contributed by atoms with Crippen LogP contribution in [0.3, 0.4) is 0 Å². The molecule has 0 saturated carbocycles. The smallest absolute Gasteiger partial charge is 0.231 e. The van der Waals surface area contributed by atoms with Crippen molar-refractivity contribution in [2.45, 2.75) is 39.2 Å². The van der Waals surface area contributed by atoms with Gasteiger partial charge in [0.05, 0.1) is 39.7 Å². The quantitative estimate of drug-likeness (QED) is 0.319. The summed E-state index contributed by atoms with van der Waals surface area (Å²) in [6, 6.07) is 10.2. The largest absolute Gasteiger partial charge is 1.00 e. The third-order valence-electron chi connectivity index (χ3n) is 6.38. The number of nitrogens with zero attached hydrogens (tertiary/aromatic N) is 1. The summed E-state index contributed by atoms with van der Waals surface area (Å²) in [6.07, 6.45) is 2.38. The van der Waals surface area contributed by atoms with Crippen molar-refractivity contribution in [1.29, 1.82) is 0 Å². The van der Waals surface area contributed by atoms with E-state index in [2.05, 4.69) is 46.1 Å². The van der Waals surface area contributed by atoms with Crippen molar-refractivity contribution in [3.63, 3.8) is 0 Å². The van der Waals surface area contributed by atoms with Gasteiger partial charge in [0.2, 0.25) is 12.5 Å². The van der Waals surface area contributed by atoms with Crippen molar-refractivity contribution >= 4 is 5.78 Å². The summed E-state index contributed by atoms with van der Waals surface area (Å²) in [5.74, 6) is 2.88. The van der Waals surface area contributed by atoms with E-state index in [-0.39, 0.29) is 42.6 Å². The van der Waals surface area contributed by atoms with Gasteiger partial charge in [-0.15, -0.1) is 0 Å². The number of hydrogen-bond donors (Lipinski definition) is 0. The molecule has 0 bridgehead atoms. The molecule has 0 saturated heterocycles. The summed E-state index contributed by atoms with van der Waals surface area (Å²) >= 11 is 0. The van der Waals surface area contributed by atoms with E-state index in [9.17, 15) is 4.79 Å². The summed E-state index contributed by atoms with van der Waals surface area (Å²) in [7, 11) is 6.05. The number of carbonyl (C=O) groups excluding carboxylic acids is 1. The molecule has 1 atom stereocenters. The lowest BCUT2D eigenvalue weighted by Crippen LogP contribution is -3.00. The van der Waals surface area contributed by atoms with Crippen LogP contribution >= 0.6 is 0 Å². The first-order valence-electron chi connectivity index (χ1n) is 10.7. The minimum absolute atomic E-state index is 0. The van der Waals surface area contributed by atoms with Gasteiger partial charge >= 0.3 is 0 Å². The zero-order valence-electron chi connectivity index (χ0n) is 19.0. The van der Waals surface area contributed by atoms with Crippen LogP contribution in [0.5, 0.6) is 17.2 Å². The van der Waals surface area contributed by atoms with Crippen LogP contribution in [0.2, 0.25) is 0 Å². The van der Waals surface area contributed by atoms with Gasteiger partial charge in [-0.3, -0.25) is 4.79 Å². The molecule has 2 aliphatic heterocycles. The molecule has 0 spiro atoms. The standard InChI is InChI=1S/C25H32NO4.HI/c1-16(2)12-17-6-8-18(9-7-17)21(27)14-20-23-19(10-11-26(20,3)4)13-22-24(25(23)28-5)30-15-29-22;/h6-9,13,16,20H,10-12,14-15H2,1-5H3;1H/q+1;/p-1. The highest BCUT2D eigenvalue weighted by atomic mass is 127. The summed E-state index contributed by atoms with van der Waals surface area (Å²) in [4.78, 5) is 13.3. The molecule has 5 nitrogen and oxygen atoms in total. The van der Waals surface area contributed by atoms with Gasteiger partial charge in [0, 0.05) is 12.0 Å². The SMILES string of the molecule is COc1c2c(cc3c1C(CC(=O)c1ccc(CC(C)C)cc1)[N+](C)(C)CC3)OCO2.[I-]. The highest BCUT2D eigenvalue weighted by Gasteiger charge is 2.42. The van der Waals surface area contributed by atoms with Gasteiger partial charge < -0.3 is 42.7 Å². The predicted octanol–water partition coefficient (Wildman–Crippen LogP) is 1.57. The zero-order chi connectivity index (χ0) is 21.5. The Morgan fingerprint density at radius 2 is 1.90 bits per heavy atom. The summed E-state index contributed by atoms with van der Waals surface area (Å²) in [5, 5.41) is 0. The fourth-order valence-corrected chi connectivity index (χ4v) is 4.71. The number of halogens is 1. The molecule has 2 aliphatic rings. The van der Waals surface area contributed by atoms with E-state index < -0.39 is 0 Å². The number of hydrogen-bond acceptors (Lipinski definition) is 4. The van der Waals surface area contributed by atoms with Crippen molar-refractivity contribution in [1.82, 2.24) is 0 Å². The van der Waals surface area contributed by atoms with E-state index >= 15 is 0 Å². The van der Waals surface area contributed by atoms with Gasteiger partial charge in [-0.25, -0.2) is 0 Å². The average molecular weight is 537 g/mol. The van der Waals surface area contributed by atoms with E-state index in [1.807, 2.05) is 12.1 Å². The first-order valence-corrected chi connectivity index (χ1v) is 10.7. The van der Waals surface area contributed by atoms with Crippen LogP contribution in [0.1, 0.15) is 53.4 Å². The minimum Gasteiger partial charge on any atom is -1.00 e. The lowest BCUT2D eigenvalue weighted by Gasteiger charge is -2.43. The Morgan fingerprint density at radius 3 is 2.55 bits per heavy atom. The minimum atomic E-state index is 0. The first-order chi connectivity index (χ1) is 14.3. The number of ether oxygens (including phenoxy) is 3. The fourth-order valence-electron chi connectivity index (χ4n) is 4.71. The number of methoxy groups -OCH3 is 1. The molecule has 1 unspecified atom stereocenters. The Bertz CT molecular complexity index is 953. The molecule has 0 amide bonds. The molecule has 0 aromatic heterocycles. The number of rotatable bonds is 6. The number of Topliss-reactive ketones (excluding diaryl/α,β-unsaturated/α-hetero) is 1. The number of likely N-dealkylation sites (N-methyl/N-ethyl adjacent to an activating group) is 1. The molecular weight excluding hydrogens is 505 g/mol. The van der Waals surface area contributed by atoms with Gasteiger partial charge in [0.1, 0.15) is 6.04 Å². The van der Waals surface area contributed by atoms with Gasteiger partial charge in [-0.1, -0.05) is 38.1 Å². The normalized spacial score (nSPS) is 18.3. The summed E-state index contributed by atoms with van der Waals surface area (Å²) < 4.78 is 17.8. The van der Waals surface area contributed by atoms with Crippen LogP contribution < -0.4 is 38.2 Å². The Hall–Kier alpha value is -1.80. The van der Waals surface area contributed by atoms with Gasteiger partial charge in [-0.2, -0.15) is 0 Å². The maximum Gasteiger partial charge on any atom is 0.231 e. The summed E-state index contributed by atoms with van der Waals surface area (Å²) in [6.45, 7) is 5.58. The fraction of sp³-hybridized carbons (Fsp3) is 0.480. The Balaban J connectivity index is 0.00000272. The second kappa shape index (κ2) is 9.36.